The van der Waals surface area contributed by atoms with Gasteiger partial charge in [-0.05, 0) is 24.3 Å². The molecule has 6 nitrogen and oxygen atoms in total. The van der Waals surface area contributed by atoms with E-state index in [9.17, 15) is 14.0 Å². The number of thioether (sulfide) groups is 1. The van der Waals surface area contributed by atoms with Gasteiger partial charge in [0, 0.05) is 32.1 Å². The van der Waals surface area contributed by atoms with Crippen molar-refractivity contribution >= 4 is 29.4 Å². The van der Waals surface area contributed by atoms with Crippen molar-refractivity contribution < 1.29 is 14.0 Å². The number of aromatic nitrogens is 1. The Bertz CT molecular complexity index is 552. The Morgan fingerprint density at radius 1 is 1.39 bits per heavy atom. The van der Waals surface area contributed by atoms with E-state index < -0.39 is 5.82 Å². The molecule has 0 aromatic carbocycles. The number of pyridine rings is 1. The zero-order chi connectivity index (χ0) is 16.7. The molecule has 1 aliphatic heterocycles. The molecule has 1 aromatic rings. The average molecular weight is 340 g/mol. The van der Waals surface area contributed by atoms with Crippen molar-refractivity contribution in [1.29, 1.82) is 0 Å². The summed E-state index contributed by atoms with van der Waals surface area (Å²) >= 11 is 1.87. The van der Waals surface area contributed by atoms with Crippen molar-refractivity contribution in [2.24, 2.45) is 0 Å². The standard InChI is InChI=1S/C15H21FN4O2S/c1-11(21)18-4-5-20(14-2-6-23-7-3-14)15(22)19-13-8-12(16)9-17-10-13/h8-10,14H,2-7H2,1H3,(H,18,21)(H,19,22). The molecule has 1 fully saturated rings. The highest BCUT2D eigenvalue weighted by molar-refractivity contribution is 7.99. The minimum Gasteiger partial charge on any atom is -0.355 e. The summed E-state index contributed by atoms with van der Waals surface area (Å²) in [7, 11) is 0. The second kappa shape index (κ2) is 8.71. The number of hydrogen-bond donors (Lipinski definition) is 2. The number of rotatable bonds is 5. The molecule has 0 aliphatic carbocycles. The smallest absolute Gasteiger partial charge is 0.322 e. The second-order valence-electron chi connectivity index (χ2n) is 5.34. The van der Waals surface area contributed by atoms with Gasteiger partial charge in [-0.25, -0.2) is 9.18 Å². The third kappa shape index (κ3) is 5.70. The minimum absolute atomic E-state index is 0.126. The molecule has 0 spiro atoms. The topological polar surface area (TPSA) is 74.3 Å². The lowest BCUT2D eigenvalue weighted by atomic mass is 10.1. The summed E-state index contributed by atoms with van der Waals surface area (Å²) in [6.45, 7) is 2.26. The van der Waals surface area contributed by atoms with Gasteiger partial charge < -0.3 is 15.5 Å². The van der Waals surface area contributed by atoms with E-state index in [1.807, 2.05) is 11.8 Å². The van der Waals surface area contributed by atoms with Crippen LogP contribution in [0.4, 0.5) is 14.9 Å². The Morgan fingerprint density at radius 3 is 2.78 bits per heavy atom. The van der Waals surface area contributed by atoms with Gasteiger partial charge in [0.25, 0.3) is 0 Å². The second-order valence-corrected chi connectivity index (χ2v) is 6.57. The SMILES string of the molecule is CC(=O)NCCN(C(=O)Nc1cncc(F)c1)C1CCSCC1. The molecule has 126 valence electrons. The molecule has 0 unspecified atom stereocenters. The quantitative estimate of drug-likeness (QED) is 0.861. The summed E-state index contributed by atoms with van der Waals surface area (Å²) in [5.74, 6) is 1.40. The van der Waals surface area contributed by atoms with Crippen molar-refractivity contribution in [1.82, 2.24) is 15.2 Å². The van der Waals surface area contributed by atoms with E-state index in [2.05, 4.69) is 15.6 Å². The molecule has 1 aliphatic rings. The van der Waals surface area contributed by atoms with E-state index in [1.165, 1.54) is 19.2 Å². The van der Waals surface area contributed by atoms with E-state index in [1.54, 1.807) is 4.90 Å². The highest BCUT2D eigenvalue weighted by atomic mass is 32.2. The summed E-state index contributed by atoms with van der Waals surface area (Å²) in [5, 5.41) is 5.39. The average Bonchev–Trinajstić information content (AvgIpc) is 2.52. The molecule has 0 saturated carbocycles. The van der Waals surface area contributed by atoms with Crippen molar-refractivity contribution in [3.8, 4) is 0 Å². The summed E-state index contributed by atoms with van der Waals surface area (Å²) in [5.41, 5.74) is 0.324. The summed E-state index contributed by atoms with van der Waals surface area (Å²) in [6, 6.07) is 1.07. The van der Waals surface area contributed by atoms with Crippen LogP contribution < -0.4 is 10.6 Å². The lowest BCUT2D eigenvalue weighted by Crippen LogP contribution is -2.47. The predicted octanol–water partition coefficient (Wildman–Crippen LogP) is 2.09. The first-order chi connectivity index (χ1) is 11.1. The summed E-state index contributed by atoms with van der Waals surface area (Å²) < 4.78 is 13.2. The third-order valence-corrected chi connectivity index (χ3v) is 4.62. The Kier molecular flexibility index (Phi) is 6.64. The van der Waals surface area contributed by atoms with Crippen LogP contribution in [-0.4, -0.2) is 52.5 Å². The number of nitrogens with one attached hydrogen (secondary N) is 2. The number of amides is 3. The van der Waals surface area contributed by atoms with Crippen molar-refractivity contribution in [2.45, 2.75) is 25.8 Å². The van der Waals surface area contributed by atoms with E-state index in [0.29, 0.717) is 18.8 Å². The van der Waals surface area contributed by atoms with Crippen LogP contribution in [0.2, 0.25) is 0 Å². The van der Waals surface area contributed by atoms with Crippen LogP contribution in [0.1, 0.15) is 19.8 Å². The van der Waals surface area contributed by atoms with E-state index >= 15 is 0 Å². The van der Waals surface area contributed by atoms with Gasteiger partial charge in [0.1, 0.15) is 5.82 Å². The fourth-order valence-electron chi connectivity index (χ4n) is 2.47. The van der Waals surface area contributed by atoms with Gasteiger partial charge in [-0.1, -0.05) is 0 Å². The van der Waals surface area contributed by atoms with Gasteiger partial charge in [-0.15, -0.1) is 0 Å². The van der Waals surface area contributed by atoms with E-state index in [0.717, 1.165) is 30.5 Å². The van der Waals surface area contributed by atoms with Crippen molar-refractivity contribution in [2.75, 3.05) is 29.9 Å². The Labute approximate surface area is 139 Å². The first-order valence-corrected chi connectivity index (χ1v) is 8.72. The lowest BCUT2D eigenvalue weighted by Gasteiger charge is -2.34. The molecule has 2 heterocycles. The maximum absolute atomic E-state index is 13.2. The van der Waals surface area contributed by atoms with Crippen LogP contribution in [0.15, 0.2) is 18.5 Å². The van der Waals surface area contributed by atoms with Crippen LogP contribution in [0.25, 0.3) is 0 Å². The maximum atomic E-state index is 13.2. The van der Waals surface area contributed by atoms with Gasteiger partial charge in [-0.3, -0.25) is 9.78 Å². The Balaban J connectivity index is 2.01. The van der Waals surface area contributed by atoms with Crippen LogP contribution in [0.3, 0.4) is 0 Å². The lowest BCUT2D eigenvalue weighted by molar-refractivity contribution is -0.119. The van der Waals surface area contributed by atoms with E-state index in [-0.39, 0.29) is 18.0 Å². The molecule has 1 saturated heterocycles. The highest BCUT2D eigenvalue weighted by Crippen LogP contribution is 2.22. The van der Waals surface area contributed by atoms with Gasteiger partial charge in [0.2, 0.25) is 5.91 Å². The molecular formula is C15H21FN4O2S. The normalized spacial score (nSPS) is 15.0. The molecule has 2 rings (SSSR count). The van der Waals surface area contributed by atoms with Crippen molar-refractivity contribution in [3.05, 3.63) is 24.3 Å². The molecule has 1 aromatic heterocycles. The van der Waals surface area contributed by atoms with Crippen LogP contribution in [-0.2, 0) is 4.79 Å². The summed E-state index contributed by atoms with van der Waals surface area (Å²) in [6.07, 6.45) is 4.32. The van der Waals surface area contributed by atoms with Gasteiger partial charge >= 0.3 is 6.03 Å². The predicted molar refractivity (Wildman–Crippen MR) is 89.0 cm³/mol. The molecule has 3 amide bonds. The van der Waals surface area contributed by atoms with Gasteiger partial charge in [0.15, 0.2) is 0 Å². The van der Waals surface area contributed by atoms with Crippen LogP contribution >= 0.6 is 11.8 Å². The largest absolute Gasteiger partial charge is 0.355 e. The van der Waals surface area contributed by atoms with Crippen LogP contribution in [0, 0.1) is 5.82 Å². The number of carbonyl (C=O) groups is 2. The number of anilines is 1. The molecule has 23 heavy (non-hydrogen) atoms. The number of carbonyl (C=O) groups excluding carboxylic acids is 2. The molecule has 8 heteroatoms. The van der Waals surface area contributed by atoms with Gasteiger partial charge in [-0.2, -0.15) is 11.8 Å². The third-order valence-electron chi connectivity index (χ3n) is 3.58. The Hall–Kier alpha value is -1.83. The molecule has 2 N–H and O–H groups in total. The number of urea groups is 1. The van der Waals surface area contributed by atoms with Crippen LogP contribution in [0.5, 0.6) is 0 Å². The first kappa shape index (κ1) is 17.5. The number of hydrogen-bond acceptors (Lipinski definition) is 4. The maximum Gasteiger partial charge on any atom is 0.322 e. The zero-order valence-corrected chi connectivity index (χ0v) is 13.9. The zero-order valence-electron chi connectivity index (χ0n) is 13.0. The van der Waals surface area contributed by atoms with Gasteiger partial charge in [0.05, 0.1) is 18.1 Å². The highest BCUT2D eigenvalue weighted by Gasteiger charge is 2.25. The number of nitrogens with zero attached hydrogens (tertiary/aromatic N) is 2. The first-order valence-electron chi connectivity index (χ1n) is 7.56. The number of halogens is 1. The molecule has 0 bridgehead atoms. The molecule has 0 atom stereocenters. The monoisotopic (exact) mass is 340 g/mol. The molecular weight excluding hydrogens is 319 g/mol. The minimum atomic E-state index is -0.498. The fourth-order valence-corrected chi connectivity index (χ4v) is 3.56. The summed E-state index contributed by atoms with van der Waals surface area (Å²) in [4.78, 5) is 29.0. The molecule has 0 radical (unpaired) electrons. The Morgan fingerprint density at radius 2 is 2.13 bits per heavy atom. The fraction of sp³-hybridized carbons (Fsp3) is 0.533. The van der Waals surface area contributed by atoms with E-state index in [4.69, 9.17) is 0 Å². The van der Waals surface area contributed by atoms with Crippen molar-refractivity contribution in [3.63, 3.8) is 0 Å².